The molecule has 3 rings (SSSR count). The summed E-state index contributed by atoms with van der Waals surface area (Å²) in [7, 11) is 1.78. The first-order valence-corrected chi connectivity index (χ1v) is 8.65. The minimum absolute atomic E-state index is 0.0746. The van der Waals surface area contributed by atoms with Gasteiger partial charge in [0, 0.05) is 36.6 Å². The number of nitrogens with zero attached hydrogens (tertiary/aromatic N) is 2. The van der Waals surface area contributed by atoms with Crippen LogP contribution >= 0.6 is 0 Å². The average Bonchev–Trinajstić information content (AvgIpc) is 2.98. The van der Waals surface area contributed by atoms with Crippen LogP contribution in [0.2, 0.25) is 0 Å². The molecule has 0 saturated heterocycles. The second kappa shape index (κ2) is 7.18. The molecule has 1 amide bonds. The molecule has 1 aliphatic heterocycles. The van der Waals surface area contributed by atoms with E-state index in [9.17, 15) is 4.79 Å². The van der Waals surface area contributed by atoms with E-state index < -0.39 is 0 Å². The maximum absolute atomic E-state index is 12.2. The van der Waals surface area contributed by atoms with E-state index in [2.05, 4.69) is 25.9 Å². The summed E-state index contributed by atoms with van der Waals surface area (Å²) in [6.45, 7) is 2.23. The van der Waals surface area contributed by atoms with Crippen LogP contribution in [0, 0.1) is 5.41 Å². The van der Waals surface area contributed by atoms with Gasteiger partial charge in [0.15, 0.2) is 0 Å². The zero-order chi connectivity index (χ0) is 18.0. The number of rotatable bonds is 5. The van der Waals surface area contributed by atoms with Gasteiger partial charge in [0.25, 0.3) is 5.91 Å². The van der Waals surface area contributed by atoms with Crippen LogP contribution in [0.5, 0.6) is 0 Å². The molecule has 1 saturated carbocycles. The van der Waals surface area contributed by atoms with Crippen molar-refractivity contribution in [3.8, 4) is 0 Å². The van der Waals surface area contributed by atoms with Crippen LogP contribution in [-0.2, 0) is 6.54 Å². The SMILES string of the molecule is CN/C(C)=C(\C=N)c1nc(NC2CCCC[C@@H]2N)nc2c1C(=O)NC2. The van der Waals surface area contributed by atoms with Gasteiger partial charge in [0.05, 0.1) is 23.5 Å². The highest BCUT2D eigenvalue weighted by Gasteiger charge is 2.29. The Labute approximate surface area is 147 Å². The maximum Gasteiger partial charge on any atom is 0.255 e. The number of amides is 1. The van der Waals surface area contributed by atoms with Gasteiger partial charge < -0.3 is 27.1 Å². The van der Waals surface area contributed by atoms with Gasteiger partial charge in [-0.2, -0.15) is 0 Å². The third-order valence-corrected chi connectivity index (χ3v) is 4.94. The van der Waals surface area contributed by atoms with E-state index in [0.717, 1.165) is 31.4 Å². The zero-order valence-electron chi connectivity index (χ0n) is 14.6. The van der Waals surface area contributed by atoms with E-state index in [1.807, 2.05) is 6.92 Å². The second-order valence-electron chi connectivity index (χ2n) is 6.53. The fourth-order valence-electron chi connectivity index (χ4n) is 3.38. The lowest BCUT2D eigenvalue weighted by molar-refractivity contribution is 0.0965. The Kier molecular flexibility index (Phi) is 4.98. The first-order valence-electron chi connectivity index (χ1n) is 8.65. The van der Waals surface area contributed by atoms with Crippen molar-refractivity contribution in [1.82, 2.24) is 20.6 Å². The molecule has 1 aliphatic carbocycles. The topological polar surface area (TPSA) is 129 Å². The van der Waals surface area contributed by atoms with Crippen LogP contribution in [-0.4, -0.2) is 41.2 Å². The van der Waals surface area contributed by atoms with Crippen molar-refractivity contribution < 1.29 is 4.79 Å². The average molecular weight is 343 g/mol. The summed E-state index contributed by atoms with van der Waals surface area (Å²) in [4.78, 5) is 21.3. The molecule has 8 heteroatoms. The molecule has 25 heavy (non-hydrogen) atoms. The quantitative estimate of drug-likeness (QED) is 0.507. The standard InChI is InChI=1S/C17H25N7O/c1-9(20-2)10(7-18)15-14-13(8-21-16(14)25)23-17(24-15)22-12-6-4-3-5-11(12)19/h7,11-12,18,20H,3-6,8,19H2,1-2H3,(H,21,25)(H,22,23,24)/b10-9+,18-7?/t11-,12?/m0/s1. The highest BCUT2D eigenvalue weighted by Crippen LogP contribution is 2.27. The number of nitrogens with one attached hydrogen (secondary N) is 4. The molecular weight excluding hydrogens is 318 g/mol. The number of nitrogens with two attached hydrogens (primary N) is 1. The van der Waals surface area contributed by atoms with Crippen molar-refractivity contribution in [2.45, 2.75) is 51.2 Å². The molecule has 1 aromatic rings. The van der Waals surface area contributed by atoms with E-state index in [4.69, 9.17) is 11.1 Å². The van der Waals surface area contributed by atoms with E-state index in [-0.39, 0.29) is 18.0 Å². The van der Waals surface area contributed by atoms with Crippen molar-refractivity contribution in [3.05, 3.63) is 22.6 Å². The zero-order valence-corrected chi connectivity index (χ0v) is 14.6. The van der Waals surface area contributed by atoms with E-state index in [1.165, 1.54) is 6.21 Å². The monoisotopic (exact) mass is 343 g/mol. The molecule has 1 fully saturated rings. The van der Waals surface area contributed by atoms with Crippen molar-refractivity contribution in [2.75, 3.05) is 12.4 Å². The molecule has 0 aromatic carbocycles. The summed E-state index contributed by atoms with van der Waals surface area (Å²) in [6.07, 6.45) is 5.47. The second-order valence-corrected chi connectivity index (χ2v) is 6.53. The fourth-order valence-corrected chi connectivity index (χ4v) is 3.38. The molecular formula is C17H25N7O. The van der Waals surface area contributed by atoms with Gasteiger partial charge in [-0.05, 0) is 19.8 Å². The van der Waals surface area contributed by atoms with Crippen LogP contribution < -0.4 is 21.7 Å². The van der Waals surface area contributed by atoms with Gasteiger partial charge >= 0.3 is 0 Å². The number of allylic oxidation sites excluding steroid dienone is 2. The lowest BCUT2D eigenvalue weighted by Gasteiger charge is -2.29. The summed E-state index contributed by atoms with van der Waals surface area (Å²) < 4.78 is 0. The van der Waals surface area contributed by atoms with Crippen LogP contribution in [0.3, 0.4) is 0 Å². The number of carbonyl (C=O) groups is 1. The van der Waals surface area contributed by atoms with Crippen LogP contribution in [0.25, 0.3) is 5.57 Å². The molecule has 1 unspecified atom stereocenters. The van der Waals surface area contributed by atoms with E-state index in [0.29, 0.717) is 35.0 Å². The summed E-state index contributed by atoms with van der Waals surface area (Å²) in [6, 6.07) is 0.202. The third-order valence-electron chi connectivity index (χ3n) is 4.94. The molecule has 1 aromatic heterocycles. The number of fused-ring (bicyclic) bond motifs is 1. The molecule has 2 aliphatic rings. The first-order chi connectivity index (χ1) is 12.0. The Bertz CT molecular complexity index is 728. The van der Waals surface area contributed by atoms with Crippen LogP contribution in [0.4, 0.5) is 5.95 Å². The number of carbonyl (C=O) groups excluding carboxylic acids is 1. The van der Waals surface area contributed by atoms with Crippen molar-refractivity contribution in [3.63, 3.8) is 0 Å². The molecule has 0 radical (unpaired) electrons. The van der Waals surface area contributed by atoms with Gasteiger partial charge in [-0.25, -0.2) is 9.97 Å². The Balaban J connectivity index is 2.03. The number of anilines is 1. The number of aromatic nitrogens is 2. The van der Waals surface area contributed by atoms with Gasteiger partial charge in [0.2, 0.25) is 5.95 Å². The smallest absolute Gasteiger partial charge is 0.255 e. The highest BCUT2D eigenvalue weighted by molar-refractivity contribution is 6.14. The minimum atomic E-state index is -0.200. The summed E-state index contributed by atoms with van der Waals surface area (Å²) >= 11 is 0. The molecule has 134 valence electrons. The summed E-state index contributed by atoms with van der Waals surface area (Å²) in [5.74, 6) is 0.269. The Hall–Kier alpha value is -2.48. The van der Waals surface area contributed by atoms with Crippen LogP contribution in [0.1, 0.15) is 54.4 Å². The molecule has 2 heterocycles. The highest BCUT2D eigenvalue weighted by atomic mass is 16.1. The van der Waals surface area contributed by atoms with E-state index >= 15 is 0 Å². The predicted octanol–water partition coefficient (Wildman–Crippen LogP) is 1.00. The normalized spacial score (nSPS) is 23.4. The number of hydrogen-bond donors (Lipinski definition) is 5. The maximum atomic E-state index is 12.2. The van der Waals surface area contributed by atoms with Gasteiger partial charge in [-0.1, -0.05) is 12.8 Å². The predicted molar refractivity (Wildman–Crippen MR) is 97.5 cm³/mol. The number of hydrogen-bond acceptors (Lipinski definition) is 7. The van der Waals surface area contributed by atoms with Gasteiger partial charge in [-0.3, -0.25) is 4.79 Å². The molecule has 8 nitrogen and oxygen atoms in total. The molecule has 0 spiro atoms. The summed E-state index contributed by atoms with van der Waals surface area (Å²) in [5, 5.41) is 16.9. The lowest BCUT2D eigenvalue weighted by Crippen LogP contribution is -2.43. The van der Waals surface area contributed by atoms with Crippen molar-refractivity contribution in [1.29, 1.82) is 5.41 Å². The minimum Gasteiger partial charge on any atom is -0.391 e. The Morgan fingerprint density at radius 1 is 1.36 bits per heavy atom. The third kappa shape index (κ3) is 3.34. The van der Waals surface area contributed by atoms with Crippen molar-refractivity contribution in [2.24, 2.45) is 5.73 Å². The molecule has 0 bridgehead atoms. The molecule has 2 atom stereocenters. The van der Waals surface area contributed by atoms with Crippen LogP contribution in [0.15, 0.2) is 5.70 Å². The summed E-state index contributed by atoms with van der Waals surface area (Å²) in [5.41, 5.74) is 9.16. The van der Waals surface area contributed by atoms with Gasteiger partial charge in [-0.15, -0.1) is 0 Å². The lowest BCUT2D eigenvalue weighted by atomic mass is 9.91. The largest absolute Gasteiger partial charge is 0.391 e. The van der Waals surface area contributed by atoms with E-state index in [1.54, 1.807) is 7.05 Å². The Morgan fingerprint density at radius 3 is 2.80 bits per heavy atom. The first kappa shape index (κ1) is 17.3. The van der Waals surface area contributed by atoms with Crippen molar-refractivity contribution >= 4 is 23.6 Å². The fraction of sp³-hybridized carbons (Fsp3) is 0.529. The Morgan fingerprint density at radius 2 is 2.12 bits per heavy atom. The van der Waals surface area contributed by atoms with Gasteiger partial charge in [0.1, 0.15) is 0 Å². The molecule has 6 N–H and O–H groups in total.